The van der Waals surface area contributed by atoms with Gasteiger partial charge in [-0.05, 0) is 35.4 Å². The van der Waals surface area contributed by atoms with Gasteiger partial charge in [-0.25, -0.2) is 0 Å². The Labute approximate surface area is 161 Å². The minimum absolute atomic E-state index is 0.000738. The highest BCUT2D eigenvalue weighted by Crippen LogP contribution is 2.40. The molecule has 1 aliphatic rings. The highest BCUT2D eigenvalue weighted by molar-refractivity contribution is 6.15. The Morgan fingerprint density at radius 2 is 1.79 bits per heavy atom. The highest BCUT2D eigenvalue weighted by atomic mass is 16.3. The van der Waals surface area contributed by atoms with E-state index >= 15 is 0 Å². The predicted octanol–water partition coefficient (Wildman–Crippen LogP) is 3.76. The Morgan fingerprint density at radius 1 is 1.00 bits per heavy atom. The maximum Gasteiger partial charge on any atom is 0.290 e. The molecular formula is C22H17NO5. The van der Waals surface area contributed by atoms with Crippen molar-refractivity contribution in [1.82, 2.24) is 4.90 Å². The zero-order valence-electron chi connectivity index (χ0n) is 14.8. The monoisotopic (exact) mass is 375 g/mol. The molecule has 1 amide bonds. The van der Waals surface area contributed by atoms with Crippen molar-refractivity contribution in [2.45, 2.75) is 12.6 Å². The molecule has 2 N–H and O–H groups in total. The van der Waals surface area contributed by atoms with Gasteiger partial charge in [0.25, 0.3) is 5.91 Å². The molecule has 2 heterocycles. The van der Waals surface area contributed by atoms with Crippen molar-refractivity contribution in [3.05, 3.63) is 101 Å². The molecular weight excluding hydrogens is 358 g/mol. The first kappa shape index (κ1) is 17.6. The summed E-state index contributed by atoms with van der Waals surface area (Å²) in [7, 11) is 0. The highest BCUT2D eigenvalue weighted by Gasteiger charge is 2.44. The van der Waals surface area contributed by atoms with Crippen LogP contribution in [0.5, 0.6) is 5.75 Å². The van der Waals surface area contributed by atoms with Gasteiger partial charge in [-0.1, -0.05) is 42.5 Å². The fraction of sp³-hybridized carbons (Fsp3) is 0.0909. The number of nitrogens with zero attached hydrogens (tertiary/aromatic N) is 1. The van der Waals surface area contributed by atoms with Crippen molar-refractivity contribution in [3.63, 3.8) is 0 Å². The minimum atomic E-state index is -0.850. The molecule has 3 aromatic rings. The number of phenols is 1. The van der Waals surface area contributed by atoms with Crippen LogP contribution in [0.4, 0.5) is 0 Å². The number of Topliss-reactive ketones (excluding diaryl/α,β-unsaturated/α-hetero) is 1. The van der Waals surface area contributed by atoms with E-state index in [0.29, 0.717) is 5.56 Å². The van der Waals surface area contributed by atoms with E-state index in [1.54, 1.807) is 18.2 Å². The second-order valence-electron chi connectivity index (χ2n) is 6.48. The van der Waals surface area contributed by atoms with E-state index in [9.17, 15) is 19.8 Å². The van der Waals surface area contributed by atoms with Crippen LogP contribution in [0.2, 0.25) is 0 Å². The summed E-state index contributed by atoms with van der Waals surface area (Å²) in [5.41, 5.74) is 1.30. The molecule has 28 heavy (non-hydrogen) atoms. The van der Waals surface area contributed by atoms with Crippen LogP contribution < -0.4 is 0 Å². The Bertz CT molecular complexity index is 1050. The van der Waals surface area contributed by atoms with Gasteiger partial charge in [0.1, 0.15) is 5.75 Å². The van der Waals surface area contributed by atoms with Crippen LogP contribution in [-0.4, -0.2) is 26.8 Å². The summed E-state index contributed by atoms with van der Waals surface area (Å²) in [4.78, 5) is 27.2. The van der Waals surface area contributed by atoms with Gasteiger partial charge >= 0.3 is 0 Å². The van der Waals surface area contributed by atoms with Crippen molar-refractivity contribution in [2.75, 3.05) is 0 Å². The van der Waals surface area contributed by atoms with Crippen molar-refractivity contribution in [1.29, 1.82) is 0 Å². The van der Waals surface area contributed by atoms with Crippen molar-refractivity contribution in [3.8, 4) is 5.75 Å². The molecule has 1 aromatic heterocycles. The second kappa shape index (κ2) is 7.08. The lowest BCUT2D eigenvalue weighted by Crippen LogP contribution is -2.30. The number of phenolic OH excluding ortho intramolecular Hbond substituents is 1. The molecule has 1 aliphatic heterocycles. The summed E-state index contributed by atoms with van der Waals surface area (Å²) in [6, 6.07) is 17.8. The van der Waals surface area contributed by atoms with Crippen LogP contribution in [0.15, 0.2) is 88.7 Å². The Balaban J connectivity index is 1.81. The van der Waals surface area contributed by atoms with E-state index in [1.165, 1.54) is 29.4 Å². The molecule has 0 spiro atoms. The van der Waals surface area contributed by atoms with E-state index in [2.05, 4.69) is 0 Å². The molecule has 0 radical (unpaired) electrons. The summed E-state index contributed by atoms with van der Waals surface area (Å²) in [5, 5.41) is 20.4. The summed E-state index contributed by atoms with van der Waals surface area (Å²) < 4.78 is 5.18. The number of hydrogen-bond donors (Lipinski definition) is 2. The largest absolute Gasteiger partial charge is 0.508 e. The zero-order valence-corrected chi connectivity index (χ0v) is 14.8. The third-order valence-corrected chi connectivity index (χ3v) is 4.67. The van der Waals surface area contributed by atoms with Crippen LogP contribution in [0.25, 0.3) is 0 Å². The zero-order chi connectivity index (χ0) is 19.7. The standard InChI is InChI=1S/C22H17NO5/c24-16-9-4-8-15(12-16)19-18(20(25)17-10-5-11-28-17)21(26)22(27)23(19)13-14-6-2-1-3-7-14/h1-12,19,24,26H,13H2. The molecule has 6 nitrogen and oxygen atoms in total. The molecule has 4 rings (SSSR count). The van der Waals surface area contributed by atoms with E-state index in [4.69, 9.17) is 4.42 Å². The molecule has 6 heteroatoms. The molecule has 0 saturated heterocycles. The lowest BCUT2D eigenvalue weighted by atomic mass is 9.94. The number of hydrogen-bond acceptors (Lipinski definition) is 5. The van der Waals surface area contributed by atoms with Gasteiger partial charge in [0, 0.05) is 6.54 Å². The van der Waals surface area contributed by atoms with Gasteiger partial charge in [0.2, 0.25) is 5.78 Å². The first-order valence-electron chi connectivity index (χ1n) is 8.71. The third-order valence-electron chi connectivity index (χ3n) is 4.67. The summed E-state index contributed by atoms with van der Waals surface area (Å²) in [6.45, 7) is 0.193. The fourth-order valence-electron chi connectivity index (χ4n) is 3.41. The van der Waals surface area contributed by atoms with Gasteiger partial charge in [-0.2, -0.15) is 0 Å². The maximum absolute atomic E-state index is 13.0. The van der Waals surface area contributed by atoms with Crippen LogP contribution in [0, 0.1) is 0 Å². The number of carbonyl (C=O) groups excluding carboxylic acids is 2. The first-order chi connectivity index (χ1) is 13.6. The number of furan rings is 1. The molecule has 0 fully saturated rings. The SMILES string of the molecule is O=C(C1=C(O)C(=O)N(Cc2ccccc2)C1c1cccc(O)c1)c1ccco1. The van der Waals surface area contributed by atoms with Crippen LogP contribution in [0.1, 0.15) is 27.7 Å². The molecule has 0 aliphatic carbocycles. The first-order valence-corrected chi connectivity index (χ1v) is 8.71. The Kier molecular flexibility index (Phi) is 4.45. The van der Waals surface area contributed by atoms with E-state index in [-0.39, 0.29) is 23.6 Å². The maximum atomic E-state index is 13.0. The number of aromatic hydroxyl groups is 1. The molecule has 1 unspecified atom stereocenters. The number of carbonyl (C=O) groups is 2. The predicted molar refractivity (Wildman–Crippen MR) is 101 cm³/mol. The molecule has 0 saturated carbocycles. The molecule has 1 atom stereocenters. The lowest BCUT2D eigenvalue weighted by molar-refractivity contribution is -0.130. The number of rotatable bonds is 5. The third kappa shape index (κ3) is 3.05. The summed E-state index contributed by atoms with van der Waals surface area (Å²) in [5.74, 6) is -1.79. The van der Waals surface area contributed by atoms with Gasteiger partial charge in [-0.15, -0.1) is 0 Å². The molecule has 2 aromatic carbocycles. The number of aliphatic hydroxyl groups excluding tert-OH is 1. The van der Waals surface area contributed by atoms with Gasteiger partial charge in [0.05, 0.1) is 17.9 Å². The number of amides is 1. The second-order valence-corrected chi connectivity index (χ2v) is 6.48. The Morgan fingerprint density at radius 3 is 2.46 bits per heavy atom. The summed E-state index contributed by atoms with van der Waals surface area (Å²) in [6.07, 6.45) is 1.35. The average molecular weight is 375 g/mol. The average Bonchev–Trinajstić information content (AvgIpc) is 3.32. The van der Waals surface area contributed by atoms with Crippen molar-refractivity contribution >= 4 is 11.7 Å². The number of benzene rings is 2. The molecule has 0 bridgehead atoms. The van der Waals surface area contributed by atoms with Gasteiger partial charge in [-0.3, -0.25) is 9.59 Å². The van der Waals surface area contributed by atoms with E-state index < -0.39 is 23.5 Å². The van der Waals surface area contributed by atoms with Gasteiger partial charge in [0.15, 0.2) is 11.5 Å². The number of aliphatic hydroxyl groups is 1. The Hall–Kier alpha value is -3.80. The minimum Gasteiger partial charge on any atom is -0.508 e. The van der Waals surface area contributed by atoms with E-state index in [1.807, 2.05) is 30.3 Å². The fourth-order valence-corrected chi connectivity index (χ4v) is 3.41. The van der Waals surface area contributed by atoms with Crippen LogP contribution >= 0.6 is 0 Å². The number of ketones is 1. The van der Waals surface area contributed by atoms with Crippen molar-refractivity contribution in [2.24, 2.45) is 0 Å². The van der Waals surface area contributed by atoms with Crippen molar-refractivity contribution < 1.29 is 24.2 Å². The topological polar surface area (TPSA) is 91.0 Å². The van der Waals surface area contributed by atoms with E-state index in [0.717, 1.165) is 5.56 Å². The molecule has 140 valence electrons. The van der Waals surface area contributed by atoms with Crippen LogP contribution in [0.3, 0.4) is 0 Å². The van der Waals surface area contributed by atoms with Crippen LogP contribution in [-0.2, 0) is 11.3 Å². The summed E-state index contributed by atoms with van der Waals surface area (Å²) >= 11 is 0. The normalized spacial score (nSPS) is 16.6. The quantitative estimate of drug-likeness (QED) is 0.663. The van der Waals surface area contributed by atoms with Gasteiger partial charge < -0.3 is 19.5 Å². The lowest BCUT2D eigenvalue weighted by Gasteiger charge is -2.27. The smallest absolute Gasteiger partial charge is 0.290 e.